The summed E-state index contributed by atoms with van der Waals surface area (Å²) < 4.78 is 0. The van der Waals surface area contributed by atoms with Crippen molar-refractivity contribution in [3.05, 3.63) is 28.2 Å². The van der Waals surface area contributed by atoms with E-state index in [0.717, 1.165) is 19.3 Å². The average Bonchev–Trinajstić information content (AvgIpc) is 2.36. The Kier molecular flexibility index (Phi) is 7.78. The van der Waals surface area contributed by atoms with E-state index in [1.54, 1.807) is 18.2 Å². The van der Waals surface area contributed by atoms with Gasteiger partial charge in [0.05, 0.1) is 0 Å². The van der Waals surface area contributed by atoms with Gasteiger partial charge in [-0.2, -0.15) is 0 Å². The van der Waals surface area contributed by atoms with Gasteiger partial charge in [0, 0.05) is 21.8 Å². The largest absolute Gasteiger partial charge is 0.335 e. The van der Waals surface area contributed by atoms with E-state index in [2.05, 4.69) is 24.5 Å². The van der Waals surface area contributed by atoms with E-state index in [-0.39, 0.29) is 12.1 Å². The Morgan fingerprint density at radius 3 is 2.35 bits per heavy atom. The molecular formula is C15H22Cl2N2O. The highest BCUT2D eigenvalue weighted by atomic mass is 35.5. The SMILES string of the molecule is CCCCCC(CC)NC(=O)Nc1cc(Cl)cc(Cl)c1. The lowest BCUT2D eigenvalue weighted by Crippen LogP contribution is -2.37. The summed E-state index contributed by atoms with van der Waals surface area (Å²) in [4.78, 5) is 11.9. The lowest BCUT2D eigenvalue weighted by atomic mass is 10.1. The first-order valence-corrected chi connectivity index (χ1v) is 7.84. The van der Waals surface area contributed by atoms with Gasteiger partial charge in [-0.1, -0.05) is 56.3 Å². The van der Waals surface area contributed by atoms with Gasteiger partial charge in [-0.3, -0.25) is 0 Å². The molecule has 0 aromatic heterocycles. The van der Waals surface area contributed by atoms with E-state index < -0.39 is 0 Å². The third kappa shape index (κ3) is 6.49. The molecule has 3 nitrogen and oxygen atoms in total. The van der Waals surface area contributed by atoms with Crippen LogP contribution in [0.15, 0.2) is 18.2 Å². The fourth-order valence-corrected chi connectivity index (χ4v) is 2.52. The second-order valence-electron chi connectivity index (χ2n) is 4.86. The second kappa shape index (κ2) is 9.09. The van der Waals surface area contributed by atoms with Crippen molar-refractivity contribution < 1.29 is 4.79 Å². The maximum absolute atomic E-state index is 11.9. The van der Waals surface area contributed by atoms with Gasteiger partial charge < -0.3 is 10.6 Å². The molecule has 1 unspecified atom stereocenters. The van der Waals surface area contributed by atoms with E-state index in [1.807, 2.05) is 0 Å². The summed E-state index contributed by atoms with van der Waals surface area (Å²) in [7, 11) is 0. The van der Waals surface area contributed by atoms with E-state index in [1.165, 1.54) is 12.8 Å². The highest BCUT2D eigenvalue weighted by Crippen LogP contribution is 2.22. The summed E-state index contributed by atoms with van der Waals surface area (Å²) in [6, 6.07) is 4.96. The Morgan fingerprint density at radius 1 is 1.15 bits per heavy atom. The van der Waals surface area contributed by atoms with Gasteiger partial charge in [-0.05, 0) is 31.0 Å². The van der Waals surface area contributed by atoms with Crippen LogP contribution in [0, 0.1) is 0 Å². The third-order valence-electron chi connectivity index (χ3n) is 3.10. The van der Waals surface area contributed by atoms with Gasteiger partial charge in [-0.15, -0.1) is 0 Å². The molecule has 5 heteroatoms. The van der Waals surface area contributed by atoms with Crippen LogP contribution in [0.25, 0.3) is 0 Å². The van der Waals surface area contributed by atoms with Gasteiger partial charge in [0.2, 0.25) is 0 Å². The smallest absolute Gasteiger partial charge is 0.319 e. The van der Waals surface area contributed by atoms with Crippen molar-refractivity contribution in [2.45, 2.75) is 52.0 Å². The number of anilines is 1. The fraction of sp³-hybridized carbons (Fsp3) is 0.533. The predicted octanol–water partition coefficient (Wildman–Crippen LogP) is 5.47. The van der Waals surface area contributed by atoms with Crippen molar-refractivity contribution in [2.24, 2.45) is 0 Å². The molecule has 0 heterocycles. The molecule has 0 fully saturated rings. The number of nitrogens with one attached hydrogen (secondary N) is 2. The lowest BCUT2D eigenvalue weighted by molar-refractivity contribution is 0.247. The Hall–Kier alpha value is -0.930. The van der Waals surface area contributed by atoms with E-state index in [0.29, 0.717) is 15.7 Å². The molecule has 1 atom stereocenters. The van der Waals surface area contributed by atoms with Crippen molar-refractivity contribution in [3.8, 4) is 0 Å². The highest BCUT2D eigenvalue weighted by Gasteiger charge is 2.10. The second-order valence-corrected chi connectivity index (χ2v) is 5.73. The van der Waals surface area contributed by atoms with Crippen LogP contribution >= 0.6 is 23.2 Å². The van der Waals surface area contributed by atoms with Gasteiger partial charge in [0.15, 0.2) is 0 Å². The van der Waals surface area contributed by atoms with E-state index >= 15 is 0 Å². The number of benzene rings is 1. The zero-order valence-electron chi connectivity index (χ0n) is 12.0. The first-order chi connectivity index (χ1) is 9.55. The van der Waals surface area contributed by atoms with Crippen LogP contribution in [-0.2, 0) is 0 Å². The Bertz CT molecular complexity index is 418. The number of carbonyl (C=O) groups excluding carboxylic acids is 1. The van der Waals surface area contributed by atoms with Gasteiger partial charge in [-0.25, -0.2) is 4.79 Å². The third-order valence-corrected chi connectivity index (χ3v) is 3.54. The minimum Gasteiger partial charge on any atom is -0.335 e. The average molecular weight is 317 g/mol. The van der Waals surface area contributed by atoms with Crippen LogP contribution in [0.2, 0.25) is 10.0 Å². The molecule has 0 bridgehead atoms. The van der Waals surface area contributed by atoms with E-state index in [4.69, 9.17) is 23.2 Å². The number of hydrogen-bond acceptors (Lipinski definition) is 1. The first-order valence-electron chi connectivity index (χ1n) is 7.08. The van der Waals surface area contributed by atoms with Gasteiger partial charge >= 0.3 is 6.03 Å². The molecule has 0 radical (unpaired) electrons. The minimum absolute atomic E-state index is 0.205. The zero-order valence-corrected chi connectivity index (χ0v) is 13.5. The zero-order chi connectivity index (χ0) is 15.0. The summed E-state index contributed by atoms with van der Waals surface area (Å²) >= 11 is 11.8. The molecule has 0 spiro atoms. The minimum atomic E-state index is -0.216. The van der Waals surface area contributed by atoms with Crippen LogP contribution < -0.4 is 10.6 Å². The van der Waals surface area contributed by atoms with Crippen molar-refractivity contribution in [2.75, 3.05) is 5.32 Å². The number of hydrogen-bond donors (Lipinski definition) is 2. The quantitative estimate of drug-likeness (QED) is 0.643. The number of urea groups is 1. The molecule has 0 aliphatic rings. The van der Waals surface area contributed by atoms with Crippen LogP contribution in [0.4, 0.5) is 10.5 Å². The summed E-state index contributed by atoms with van der Waals surface area (Å²) in [6.07, 6.45) is 5.45. The summed E-state index contributed by atoms with van der Waals surface area (Å²) in [5, 5.41) is 6.74. The van der Waals surface area contributed by atoms with Crippen LogP contribution in [-0.4, -0.2) is 12.1 Å². The Labute approximate surface area is 131 Å². The van der Waals surface area contributed by atoms with Crippen LogP contribution in [0.5, 0.6) is 0 Å². The Morgan fingerprint density at radius 2 is 1.80 bits per heavy atom. The molecule has 0 saturated carbocycles. The number of carbonyl (C=O) groups is 1. The number of halogens is 2. The molecule has 2 N–H and O–H groups in total. The molecule has 0 aliphatic heterocycles. The molecule has 0 saturated heterocycles. The summed E-state index contributed by atoms with van der Waals surface area (Å²) in [5.41, 5.74) is 0.600. The topological polar surface area (TPSA) is 41.1 Å². The molecule has 1 aromatic carbocycles. The highest BCUT2D eigenvalue weighted by molar-refractivity contribution is 6.35. The standard InChI is InChI=1S/C15H22Cl2N2O/c1-3-5-6-7-13(4-2)18-15(20)19-14-9-11(16)8-12(17)10-14/h8-10,13H,3-7H2,1-2H3,(H2,18,19,20). The monoisotopic (exact) mass is 316 g/mol. The molecular weight excluding hydrogens is 295 g/mol. The molecule has 20 heavy (non-hydrogen) atoms. The van der Waals surface area contributed by atoms with Gasteiger partial charge in [0.1, 0.15) is 0 Å². The molecule has 1 rings (SSSR count). The normalized spacial score (nSPS) is 12.0. The van der Waals surface area contributed by atoms with E-state index in [9.17, 15) is 4.79 Å². The molecule has 0 aliphatic carbocycles. The maximum atomic E-state index is 11.9. The molecule has 112 valence electrons. The molecule has 2 amide bonds. The number of amides is 2. The summed E-state index contributed by atoms with van der Waals surface area (Å²) in [6.45, 7) is 4.25. The van der Waals surface area contributed by atoms with Crippen LogP contribution in [0.1, 0.15) is 46.0 Å². The number of rotatable bonds is 7. The van der Waals surface area contributed by atoms with Crippen LogP contribution in [0.3, 0.4) is 0 Å². The number of unbranched alkanes of at least 4 members (excludes halogenated alkanes) is 2. The van der Waals surface area contributed by atoms with Crippen molar-refractivity contribution >= 4 is 34.9 Å². The summed E-state index contributed by atoms with van der Waals surface area (Å²) in [5.74, 6) is 0. The van der Waals surface area contributed by atoms with Gasteiger partial charge in [0.25, 0.3) is 0 Å². The first kappa shape index (κ1) is 17.1. The fourth-order valence-electron chi connectivity index (χ4n) is 2.00. The Balaban J connectivity index is 2.48. The maximum Gasteiger partial charge on any atom is 0.319 e. The van der Waals surface area contributed by atoms with Crippen molar-refractivity contribution in [3.63, 3.8) is 0 Å². The van der Waals surface area contributed by atoms with Crippen molar-refractivity contribution in [1.82, 2.24) is 5.32 Å². The predicted molar refractivity (Wildman–Crippen MR) is 86.8 cm³/mol. The lowest BCUT2D eigenvalue weighted by Gasteiger charge is -2.17. The van der Waals surface area contributed by atoms with Crippen molar-refractivity contribution in [1.29, 1.82) is 0 Å². The molecule has 1 aromatic rings.